The van der Waals surface area contributed by atoms with Crippen molar-refractivity contribution in [2.24, 2.45) is 0 Å². The number of aromatic nitrogens is 5. The van der Waals surface area contributed by atoms with Crippen molar-refractivity contribution < 1.29 is 0 Å². The average molecular weight is 564 g/mol. The molecule has 210 valence electrons. The minimum absolute atomic E-state index is 0.424. The molecule has 6 aromatic rings. The highest BCUT2D eigenvalue weighted by Crippen LogP contribution is 2.32. The molecule has 9 heteroatoms. The van der Waals surface area contributed by atoms with Crippen LogP contribution in [0.5, 0.6) is 0 Å². The molecular formula is C34H29N9. The van der Waals surface area contributed by atoms with Crippen LogP contribution < -0.4 is 10.6 Å². The van der Waals surface area contributed by atoms with Gasteiger partial charge in [0.15, 0.2) is 11.5 Å². The lowest BCUT2D eigenvalue weighted by atomic mass is 10.1. The van der Waals surface area contributed by atoms with Crippen LogP contribution in [0.3, 0.4) is 0 Å². The average Bonchev–Trinajstić information content (AvgIpc) is 3.44. The highest BCUT2D eigenvalue weighted by atomic mass is 15.3. The van der Waals surface area contributed by atoms with Gasteiger partial charge < -0.3 is 10.6 Å². The van der Waals surface area contributed by atoms with Gasteiger partial charge in [0.1, 0.15) is 17.4 Å². The summed E-state index contributed by atoms with van der Waals surface area (Å²) in [5, 5.41) is 9.21. The van der Waals surface area contributed by atoms with E-state index in [4.69, 9.17) is 15.7 Å². The number of hydrogen-bond donors (Lipinski definition) is 1. The van der Waals surface area contributed by atoms with Gasteiger partial charge in [-0.05, 0) is 48.0 Å². The summed E-state index contributed by atoms with van der Waals surface area (Å²) in [6.07, 6.45) is 5.12. The van der Waals surface area contributed by atoms with Crippen LogP contribution in [0.2, 0.25) is 0 Å². The third kappa shape index (κ3) is 5.27. The number of nitrogens with zero attached hydrogens (tertiary/aromatic N) is 8. The fourth-order valence-electron chi connectivity index (χ4n) is 5.59. The number of nitrogen functional groups attached to an aromatic ring is 1. The number of nitrogens with two attached hydrogens (primary N) is 1. The molecule has 2 N–H and O–H groups in total. The normalized spacial score (nSPS) is 13.7. The zero-order chi connectivity index (χ0) is 29.2. The third-order valence-corrected chi connectivity index (χ3v) is 7.84. The highest BCUT2D eigenvalue weighted by Gasteiger charge is 2.20. The Hall–Kier alpha value is -5.59. The molecule has 0 aliphatic carbocycles. The van der Waals surface area contributed by atoms with E-state index in [0.29, 0.717) is 17.2 Å². The molecule has 1 saturated heterocycles. The first kappa shape index (κ1) is 26.3. The number of benzene rings is 2. The van der Waals surface area contributed by atoms with Crippen molar-refractivity contribution in [2.75, 3.05) is 36.8 Å². The van der Waals surface area contributed by atoms with Gasteiger partial charge in [0.25, 0.3) is 0 Å². The summed E-state index contributed by atoms with van der Waals surface area (Å²) >= 11 is 0. The second-order valence-corrected chi connectivity index (χ2v) is 10.6. The van der Waals surface area contributed by atoms with Gasteiger partial charge in [-0.2, -0.15) is 5.26 Å². The molecule has 43 heavy (non-hydrogen) atoms. The van der Waals surface area contributed by atoms with Gasteiger partial charge in [-0.1, -0.05) is 42.5 Å². The van der Waals surface area contributed by atoms with Crippen molar-refractivity contribution in [3.63, 3.8) is 0 Å². The second kappa shape index (κ2) is 11.4. The van der Waals surface area contributed by atoms with E-state index < -0.39 is 0 Å². The van der Waals surface area contributed by atoms with Crippen molar-refractivity contribution in [2.45, 2.75) is 6.54 Å². The number of pyridine rings is 3. The lowest BCUT2D eigenvalue weighted by molar-refractivity contribution is 0.250. The molecular weight excluding hydrogens is 534 g/mol. The maximum atomic E-state index is 9.21. The van der Waals surface area contributed by atoms with E-state index in [1.807, 2.05) is 54.7 Å². The summed E-state index contributed by atoms with van der Waals surface area (Å²) < 4.78 is 2.07. The molecule has 0 unspecified atom stereocenters. The predicted octanol–water partition coefficient (Wildman–Crippen LogP) is 5.32. The van der Waals surface area contributed by atoms with E-state index in [2.05, 4.69) is 66.8 Å². The minimum Gasteiger partial charge on any atom is -0.383 e. The molecule has 0 atom stereocenters. The number of hydrogen-bond acceptors (Lipinski definition) is 8. The maximum absolute atomic E-state index is 9.21. The summed E-state index contributed by atoms with van der Waals surface area (Å²) in [4.78, 5) is 23.3. The summed E-state index contributed by atoms with van der Waals surface area (Å²) in [6.45, 7) is 4.50. The smallest absolute Gasteiger partial charge is 0.165 e. The van der Waals surface area contributed by atoms with Crippen LogP contribution in [0.1, 0.15) is 11.1 Å². The van der Waals surface area contributed by atoms with Crippen molar-refractivity contribution in [1.82, 2.24) is 29.4 Å². The number of piperazine rings is 1. The Labute approximate surface area is 249 Å². The van der Waals surface area contributed by atoms with E-state index in [1.165, 1.54) is 5.56 Å². The van der Waals surface area contributed by atoms with E-state index in [-0.39, 0.29) is 0 Å². The molecule has 0 amide bonds. The van der Waals surface area contributed by atoms with Crippen LogP contribution in [-0.2, 0) is 6.54 Å². The summed E-state index contributed by atoms with van der Waals surface area (Å²) in [5.74, 6) is 1.13. The van der Waals surface area contributed by atoms with Gasteiger partial charge in [0.05, 0.1) is 28.7 Å². The van der Waals surface area contributed by atoms with Crippen molar-refractivity contribution in [1.29, 1.82) is 5.26 Å². The number of rotatable bonds is 6. The van der Waals surface area contributed by atoms with Crippen LogP contribution in [0.25, 0.3) is 39.5 Å². The van der Waals surface area contributed by atoms with Crippen LogP contribution >= 0.6 is 0 Å². The number of imidazole rings is 1. The quantitative estimate of drug-likeness (QED) is 0.290. The van der Waals surface area contributed by atoms with E-state index in [9.17, 15) is 5.26 Å². The van der Waals surface area contributed by atoms with Crippen LogP contribution in [0.4, 0.5) is 11.5 Å². The third-order valence-electron chi connectivity index (χ3n) is 7.84. The molecule has 1 aliphatic rings. The molecule has 7 rings (SSSR count). The molecule has 0 saturated carbocycles. The van der Waals surface area contributed by atoms with E-state index in [1.54, 1.807) is 12.4 Å². The highest BCUT2D eigenvalue weighted by molar-refractivity contribution is 5.84. The summed E-state index contributed by atoms with van der Waals surface area (Å²) in [6, 6.07) is 30.7. The Morgan fingerprint density at radius 2 is 1.63 bits per heavy atom. The fourth-order valence-corrected chi connectivity index (χ4v) is 5.59. The Kier molecular flexibility index (Phi) is 6.95. The van der Waals surface area contributed by atoms with Crippen LogP contribution in [-0.4, -0.2) is 55.6 Å². The first-order valence-corrected chi connectivity index (χ1v) is 14.2. The molecule has 0 spiro atoms. The zero-order valence-corrected chi connectivity index (χ0v) is 23.5. The number of fused-ring (bicyclic) bond motifs is 1. The van der Waals surface area contributed by atoms with E-state index in [0.717, 1.165) is 72.1 Å². The van der Waals surface area contributed by atoms with Crippen molar-refractivity contribution in [3.05, 3.63) is 115 Å². The topological polar surface area (TPSA) is 113 Å². The summed E-state index contributed by atoms with van der Waals surface area (Å²) in [7, 11) is 0. The van der Waals surface area contributed by atoms with Gasteiger partial charge in [-0.15, -0.1) is 0 Å². The van der Waals surface area contributed by atoms with Gasteiger partial charge in [0, 0.05) is 56.4 Å². The number of anilines is 2. The largest absolute Gasteiger partial charge is 0.383 e. The lowest BCUT2D eigenvalue weighted by Crippen LogP contribution is -2.46. The molecule has 2 aromatic carbocycles. The molecule has 0 radical (unpaired) electrons. The first-order valence-electron chi connectivity index (χ1n) is 14.2. The molecule has 5 heterocycles. The maximum Gasteiger partial charge on any atom is 0.165 e. The molecule has 0 bridgehead atoms. The Bertz CT molecular complexity index is 1930. The van der Waals surface area contributed by atoms with Crippen LogP contribution in [0, 0.1) is 11.3 Å². The predicted molar refractivity (Wildman–Crippen MR) is 168 cm³/mol. The van der Waals surface area contributed by atoms with Gasteiger partial charge in [-0.3, -0.25) is 14.5 Å². The van der Waals surface area contributed by atoms with Crippen molar-refractivity contribution >= 4 is 22.7 Å². The van der Waals surface area contributed by atoms with Crippen LogP contribution in [0.15, 0.2) is 104 Å². The fraction of sp³-hybridized carbons (Fsp3) is 0.147. The Morgan fingerprint density at radius 3 is 2.40 bits per heavy atom. The standard InChI is InChI=1S/C34H29N9/c35-20-25-19-28(22-37-21-25)42-17-15-41(16-18-42)23-24-8-10-27(11-9-24)43-33(29-7-4-14-38-32(29)36)40-31-13-12-30(39-34(31)43)26-5-2-1-3-6-26/h1-14,19,21-22H,15-18,23H2,(H2,36,38). The van der Waals surface area contributed by atoms with Gasteiger partial charge in [-0.25, -0.2) is 15.0 Å². The zero-order valence-electron chi connectivity index (χ0n) is 23.5. The Balaban J connectivity index is 1.17. The lowest BCUT2D eigenvalue weighted by Gasteiger charge is -2.36. The second-order valence-electron chi connectivity index (χ2n) is 10.6. The van der Waals surface area contributed by atoms with Crippen molar-refractivity contribution in [3.8, 4) is 34.4 Å². The van der Waals surface area contributed by atoms with Gasteiger partial charge in [0.2, 0.25) is 0 Å². The minimum atomic E-state index is 0.424. The first-order chi connectivity index (χ1) is 21.2. The molecule has 1 fully saturated rings. The molecule has 1 aliphatic heterocycles. The monoisotopic (exact) mass is 563 g/mol. The SMILES string of the molecule is N#Cc1cncc(N2CCN(Cc3ccc(-n4c(-c5cccnc5N)nc5ccc(-c6ccccc6)nc54)cc3)CC2)c1. The summed E-state index contributed by atoms with van der Waals surface area (Å²) in [5.41, 5.74) is 14.3. The van der Waals surface area contributed by atoms with E-state index >= 15 is 0 Å². The molecule has 4 aromatic heterocycles. The van der Waals surface area contributed by atoms with Gasteiger partial charge >= 0.3 is 0 Å². The Morgan fingerprint density at radius 1 is 0.814 bits per heavy atom. The molecule has 9 nitrogen and oxygen atoms in total. The number of nitriles is 1.